The van der Waals surface area contributed by atoms with Crippen LogP contribution in [0.15, 0.2) is 42.5 Å². The van der Waals surface area contributed by atoms with Crippen LogP contribution in [0.5, 0.6) is 5.75 Å². The number of carboxylic acid groups (broad SMARTS) is 1. The molecule has 7 nitrogen and oxygen atoms in total. The van der Waals surface area contributed by atoms with Crippen molar-refractivity contribution in [3.8, 4) is 5.75 Å². The number of nitrogens with zero attached hydrogens (tertiary/aromatic N) is 1. The number of carboxylic acids is 1. The van der Waals surface area contributed by atoms with Crippen molar-refractivity contribution in [2.45, 2.75) is 12.6 Å². The van der Waals surface area contributed by atoms with E-state index in [2.05, 4.69) is 10.6 Å². The molecule has 0 aromatic heterocycles. The molecule has 1 fully saturated rings. The fourth-order valence-electron chi connectivity index (χ4n) is 3.19. The summed E-state index contributed by atoms with van der Waals surface area (Å²) in [6.45, 7) is 1.74. The molecule has 1 atom stereocenters. The number of rotatable bonds is 5. The van der Waals surface area contributed by atoms with E-state index in [0.717, 1.165) is 11.6 Å². The van der Waals surface area contributed by atoms with Crippen LogP contribution in [0.4, 0.5) is 9.18 Å². The number of aromatic carboxylic acids is 1. The number of carbonyl (C=O) groups excluding carboxylic acids is 1. The molecule has 0 bridgehead atoms. The number of ether oxygens (including phenoxy) is 1. The first-order chi connectivity index (χ1) is 13.5. The number of benzene rings is 2. The summed E-state index contributed by atoms with van der Waals surface area (Å²) < 4.78 is 19.3. The van der Waals surface area contributed by atoms with Gasteiger partial charge in [-0.3, -0.25) is 0 Å². The maximum absolute atomic E-state index is 14.1. The first kappa shape index (κ1) is 19.6. The first-order valence-electron chi connectivity index (χ1n) is 8.90. The van der Waals surface area contributed by atoms with Gasteiger partial charge in [-0.05, 0) is 29.8 Å². The van der Waals surface area contributed by atoms with Gasteiger partial charge in [-0.1, -0.05) is 18.2 Å². The Morgan fingerprint density at radius 1 is 1.32 bits per heavy atom. The van der Waals surface area contributed by atoms with Crippen molar-refractivity contribution >= 4 is 12.0 Å². The number of hydrogen-bond acceptors (Lipinski definition) is 4. The fraction of sp³-hybridized carbons (Fsp3) is 0.300. The minimum Gasteiger partial charge on any atom is -0.497 e. The highest BCUT2D eigenvalue weighted by atomic mass is 19.1. The van der Waals surface area contributed by atoms with E-state index in [1.807, 2.05) is 24.3 Å². The first-order valence-corrected chi connectivity index (χ1v) is 8.90. The Labute approximate surface area is 162 Å². The summed E-state index contributed by atoms with van der Waals surface area (Å²) in [5.74, 6) is -1.15. The number of methoxy groups -OCH3 is 1. The Morgan fingerprint density at radius 2 is 2.14 bits per heavy atom. The topological polar surface area (TPSA) is 90.9 Å². The van der Waals surface area contributed by atoms with Gasteiger partial charge in [-0.15, -0.1) is 0 Å². The van der Waals surface area contributed by atoms with Crippen LogP contribution < -0.4 is 15.4 Å². The molecule has 0 radical (unpaired) electrons. The van der Waals surface area contributed by atoms with E-state index in [-0.39, 0.29) is 29.7 Å². The van der Waals surface area contributed by atoms with Gasteiger partial charge in [0, 0.05) is 31.7 Å². The van der Waals surface area contributed by atoms with Crippen LogP contribution >= 0.6 is 0 Å². The van der Waals surface area contributed by atoms with Crippen molar-refractivity contribution in [1.82, 2.24) is 15.5 Å². The zero-order valence-electron chi connectivity index (χ0n) is 15.4. The van der Waals surface area contributed by atoms with Gasteiger partial charge in [-0.25, -0.2) is 14.0 Å². The highest BCUT2D eigenvalue weighted by Gasteiger charge is 2.28. The van der Waals surface area contributed by atoms with E-state index >= 15 is 0 Å². The van der Waals surface area contributed by atoms with Crippen LogP contribution in [-0.2, 0) is 6.54 Å². The summed E-state index contributed by atoms with van der Waals surface area (Å²) in [5, 5.41) is 14.9. The monoisotopic (exact) mass is 387 g/mol. The smallest absolute Gasteiger partial charge is 0.335 e. The standard InChI is InChI=1S/C20H22FN3O4/c1-28-16-4-2-3-13(9-16)18-12-22-7-8-24(18)20(27)23-11-15-6-5-14(19(25)26)10-17(15)21/h2-6,9-10,18,22H,7-8,11-12H2,1H3,(H,23,27)(H,25,26). The normalized spacial score (nSPS) is 16.5. The van der Waals surface area contributed by atoms with E-state index in [4.69, 9.17) is 9.84 Å². The van der Waals surface area contributed by atoms with E-state index in [1.165, 1.54) is 12.1 Å². The average molecular weight is 387 g/mol. The van der Waals surface area contributed by atoms with Crippen molar-refractivity contribution in [3.63, 3.8) is 0 Å². The maximum atomic E-state index is 14.1. The maximum Gasteiger partial charge on any atom is 0.335 e. The molecular weight excluding hydrogens is 365 g/mol. The van der Waals surface area contributed by atoms with Gasteiger partial charge in [0.2, 0.25) is 0 Å². The summed E-state index contributed by atoms with van der Waals surface area (Å²) in [5.41, 5.74) is 1.04. The van der Waals surface area contributed by atoms with Crippen LogP contribution in [0, 0.1) is 5.82 Å². The van der Waals surface area contributed by atoms with Gasteiger partial charge in [0.15, 0.2) is 0 Å². The van der Waals surface area contributed by atoms with Gasteiger partial charge in [0.05, 0.1) is 18.7 Å². The second-order valence-electron chi connectivity index (χ2n) is 6.46. The molecule has 28 heavy (non-hydrogen) atoms. The number of carbonyl (C=O) groups is 2. The molecule has 1 unspecified atom stereocenters. The largest absolute Gasteiger partial charge is 0.497 e. The Morgan fingerprint density at radius 3 is 2.86 bits per heavy atom. The molecule has 0 saturated carbocycles. The molecule has 0 spiro atoms. The molecule has 1 aliphatic heterocycles. The van der Waals surface area contributed by atoms with Crippen LogP contribution in [0.25, 0.3) is 0 Å². The zero-order chi connectivity index (χ0) is 20.1. The summed E-state index contributed by atoms with van der Waals surface area (Å²) >= 11 is 0. The predicted octanol–water partition coefficient (Wildman–Crippen LogP) is 2.39. The minimum atomic E-state index is -1.20. The Kier molecular flexibility index (Phi) is 6.10. The van der Waals surface area contributed by atoms with E-state index < -0.39 is 11.8 Å². The SMILES string of the molecule is COc1cccc(C2CNCCN2C(=O)NCc2ccc(C(=O)O)cc2F)c1. The number of piperazine rings is 1. The summed E-state index contributed by atoms with van der Waals surface area (Å²) in [4.78, 5) is 25.3. The highest BCUT2D eigenvalue weighted by molar-refractivity contribution is 5.87. The number of halogens is 1. The van der Waals surface area contributed by atoms with Crippen molar-refractivity contribution in [1.29, 1.82) is 0 Å². The van der Waals surface area contributed by atoms with Crippen molar-refractivity contribution in [3.05, 3.63) is 65.0 Å². The third-order valence-electron chi connectivity index (χ3n) is 4.71. The van der Waals surface area contributed by atoms with Crippen molar-refractivity contribution in [2.75, 3.05) is 26.7 Å². The quantitative estimate of drug-likeness (QED) is 0.733. The third kappa shape index (κ3) is 4.40. The lowest BCUT2D eigenvalue weighted by atomic mass is 10.0. The molecule has 8 heteroatoms. The Bertz CT molecular complexity index is 874. The molecule has 2 aromatic carbocycles. The number of amides is 2. The number of hydrogen-bond donors (Lipinski definition) is 3. The molecule has 1 aliphatic rings. The Hall–Kier alpha value is -3.13. The number of nitrogens with one attached hydrogen (secondary N) is 2. The molecule has 3 N–H and O–H groups in total. The van der Waals surface area contributed by atoms with E-state index in [9.17, 15) is 14.0 Å². The second kappa shape index (κ2) is 8.71. The average Bonchev–Trinajstić information content (AvgIpc) is 2.72. The lowest BCUT2D eigenvalue weighted by Gasteiger charge is -2.36. The second-order valence-corrected chi connectivity index (χ2v) is 6.46. The van der Waals surface area contributed by atoms with E-state index in [0.29, 0.717) is 25.4 Å². The van der Waals surface area contributed by atoms with Gasteiger partial charge < -0.3 is 25.4 Å². The molecule has 1 heterocycles. The molecule has 2 amide bonds. The van der Waals surface area contributed by atoms with E-state index in [1.54, 1.807) is 12.0 Å². The lowest BCUT2D eigenvalue weighted by Crippen LogP contribution is -2.51. The van der Waals surface area contributed by atoms with Crippen molar-refractivity contribution in [2.24, 2.45) is 0 Å². The molecule has 0 aliphatic carbocycles. The summed E-state index contributed by atoms with van der Waals surface area (Å²) in [7, 11) is 1.59. The summed E-state index contributed by atoms with van der Waals surface area (Å²) in [6, 6.07) is 10.7. The third-order valence-corrected chi connectivity index (χ3v) is 4.71. The van der Waals surface area contributed by atoms with Gasteiger partial charge in [-0.2, -0.15) is 0 Å². The van der Waals surface area contributed by atoms with Crippen LogP contribution in [0.2, 0.25) is 0 Å². The van der Waals surface area contributed by atoms with Gasteiger partial charge in [0.1, 0.15) is 11.6 Å². The van der Waals surface area contributed by atoms with Crippen LogP contribution in [0.3, 0.4) is 0 Å². The van der Waals surface area contributed by atoms with Crippen molar-refractivity contribution < 1.29 is 23.8 Å². The molecular formula is C20H22FN3O4. The summed E-state index contributed by atoms with van der Waals surface area (Å²) in [6.07, 6.45) is 0. The predicted molar refractivity (Wildman–Crippen MR) is 101 cm³/mol. The highest BCUT2D eigenvalue weighted by Crippen LogP contribution is 2.25. The molecule has 148 valence electrons. The fourth-order valence-corrected chi connectivity index (χ4v) is 3.19. The lowest BCUT2D eigenvalue weighted by molar-refractivity contribution is 0.0696. The van der Waals surface area contributed by atoms with Gasteiger partial charge >= 0.3 is 12.0 Å². The van der Waals surface area contributed by atoms with Crippen LogP contribution in [0.1, 0.15) is 27.5 Å². The molecule has 1 saturated heterocycles. The minimum absolute atomic E-state index is 0.0284. The Balaban J connectivity index is 1.70. The zero-order valence-corrected chi connectivity index (χ0v) is 15.4. The molecule has 3 rings (SSSR count). The van der Waals surface area contributed by atoms with Gasteiger partial charge in [0.25, 0.3) is 0 Å². The number of urea groups is 1. The molecule has 2 aromatic rings. The van der Waals surface area contributed by atoms with Crippen LogP contribution in [-0.4, -0.2) is 48.8 Å².